The maximum atomic E-state index is 12.8. The summed E-state index contributed by atoms with van der Waals surface area (Å²) in [6.45, 7) is -0.0754. The molecule has 1 heterocycles. The van der Waals surface area contributed by atoms with E-state index in [1.54, 1.807) is 13.1 Å². The lowest BCUT2D eigenvalue weighted by Gasteiger charge is -2.30. The van der Waals surface area contributed by atoms with Crippen LogP contribution in [-0.4, -0.2) is 62.0 Å². The Morgan fingerprint density at radius 2 is 1.93 bits per heavy atom. The Hall–Kier alpha value is -1.65. The van der Waals surface area contributed by atoms with Crippen LogP contribution in [0.15, 0.2) is 28.3 Å². The molecule has 1 aliphatic rings. The van der Waals surface area contributed by atoms with E-state index in [4.69, 9.17) is 0 Å². The average molecular weight is 415 g/mol. The third kappa shape index (κ3) is 6.18. The Morgan fingerprint density at radius 1 is 1.22 bits per heavy atom. The van der Waals surface area contributed by atoms with Gasteiger partial charge in [0.25, 0.3) is 0 Å². The highest BCUT2D eigenvalue weighted by atomic mass is 32.2. The number of likely N-dealkylation sites (N-methyl/N-ethyl adjacent to an activating group) is 1. The average Bonchev–Trinajstić information content (AvgIpc) is 2.70. The van der Waals surface area contributed by atoms with Gasteiger partial charge in [0.05, 0.1) is 17.3 Å². The fourth-order valence-electron chi connectivity index (χ4n) is 2.87. The normalized spacial score (nSPS) is 15.5. The predicted octanol–water partition coefficient (Wildman–Crippen LogP) is 0.989. The maximum Gasteiger partial charge on any atom is 0.244 e. The molecule has 0 aliphatic heterocycles. The molecule has 2 N–H and O–H groups in total. The van der Waals surface area contributed by atoms with Gasteiger partial charge in [0.15, 0.2) is 0 Å². The minimum Gasteiger partial charge on any atom is -0.358 e. The van der Waals surface area contributed by atoms with Gasteiger partial charge in [0, 0.05) is 26.3 Å². The molecule has 27 heavy (non-hydrogen) atoms. The van der Waals surface area contributed by atoms with Crippen LogP contribution < -0.4 is 10.6 Å². The fourth-order valence-corrected chi connectivity index (χ4v) is 4.90. The molecule has 0 aromatic carbocycles. The number of rotatable bonds is 8. The summed E-state index contributed by atoms with van der Waals surface area (Å²) in [7, 11) is -0.446. The van der Waals surface area contributed by atoms with Gasteiger partial charge in [-0.2, -0.15) is 4.31 Å². The number of hydrogen-bond donors (Lipinski definition) is 2. The van der Waals surface area contributed by atoms with Crippen molar-refractivity contribution in [2.75, 3.05) is 26.4 Å². The maximum absolute atomic E-state index is 12.8. The molecule has 1 aromatic rings. The Bertz CT molecular complexity index is 747. The van der Waals surface area contributed by atoms with Crippen LogP contribution in [0.3, 0.4) is 0 Å². The van der Waals surface area contributed by atoms with Gasteiger partial charge in [-0.15, -0.1) is 0 Å². The zero-order valence-corrected chi connectivity index (χ0v) is 17.2. The van der Waals surface area contributed by atoms with Crippen LogP contribution in [0.5, 0.6) is 0 Å². The SMILES string of the molecule is CNC(=O)CNC(=O)CSc1ccc(S(=O)(=O)N(C)C2CCCCC2)cn1. The molecule has 0 saturated heterocycles. The van der Waals surface area contributed by atoms with Gasteiger partial charge in [-0.25, -0.2) is 13.4 Å². The molecule has 0 atom stereocenters. The monoisotopic (exact) mass is 414 g/mol. The number of carbonyl (C=O) groups is 2. The van der Waals surface area contributed by atoms with Crippen LogP contribution in [0.4, 0.5) is 0 Å². The minimum atomic E-state index is -3.57. The minimum absolute atomic E-state index is 0.0434. The second-order valence-electron chi connectivity index (χ2n) is 6.38. The van der Waals surface area contributed by atoms with Gasteiger partial charge in [-0.05, 0) is 25.0 Å². The zero-order valence-electron chi connectivity index (χ0n) is 15.6. The first-order valence-corrected chi connectivity index (χ1v) is 11.3. The van der Waals surface area contributed by atoms with E-state index < -0.39 is 10.0 Å². The molecule has 1 saturated carbocycles. The van der Waals surface area contributed by atoms with Crippen molar-refractivity contribution in [3.05, 3.63) is 18.3 Å². The number of nitrogens with one attached hydrogen (secondary N) is 2. The third-order valence-corrected chi connectivity index (χ3v) is 7.39. The smallest absolute Gasteiger partial charge is 0.244 e. The Labute approximate surface area is 164 Å². The number of thioether (sulfide) groups is 1. The highest BCUT2D eigenvalue weighted by Crippen LogP contribution is 2.26. The van der Waals surface area contributed by atoms with E-state index in [2.05, 4.69) is 15.6 Å². The van der Waals surface area contributed by atoms with Crippen LogP contribution in [-0.2, 0) is 19.6 Å². The molecule has 1 fully saturated rings. The summed E-state index contributed by atoms with van der Waals surface area (Å²) in [5, 5.41) is 5.45. The molecule has 0 bridgehead atoms. The quantitative estimate of drug-likeness (QED) is 0.614. The van der Waals surface area contributed by atoms with E-state index in [0.717, 1.165) is 32.1 Å². The van der Waals surface area contributed by atoms with Crippen LogP contribution in [0.1, 0.15) is 32.1 Å². The first-order chi connectivity index (χ1) is 12.8. The summed E-state index contributed by atoms with van der Waals surface area (Å²) in [5.41, 5.74) is 0. The van der Waals surface area contributed by atoms with Crippen molar-refractivity contribution in [3.63, 3.8) is 0 Å². The zero-order chi connectivity index (χ0) is 19.9. The molecule has 1 aromatic heterocycles. The first kappa shape index (κ1) is 21.6. The molecule has 0 unspecified atom stereocenters. The number of carbonyl (C=O) groups excluding carboxylic acids is 2. The van der Waals surface area contributed by atoms with E-state index in [1.165, 1.54) is 35.4 Å². The number of pyridine rings is 1. The van der Waals surface area contributed by atoms with Crippen LogP contribution in [0, 0.1) is 0 Å². The fraction of sp³-hybridized carbons (Fsp3) is 0.588. The number of hydrogen-bond acceptors (Lipinski definition) is 6. The van der Waals surface area contributed by atoms with Gasteiger partial charge in [0.2, 0.25) is 21.8 Å². The van der Waals surface area contributed by atoms with Crippen molar-refractivity contribution in [2.45, 2.75) is 48.1 Å². The van der Waals surface area contributed by atoms with Gasteiger partial charge in [-0.1, -0.05) is 31.0 Å². The molecule has 10 heteroatoms. The van der Waals surface area contributed by atoms with Gasteiger partial charge in [0.1, 0.15) is 4.90 Å². The molecule has 2 rings (SSSR count). The van der Waals surface area contributed by atoms with E-state index in [-0.39, 0.29) is 35.0 Å². The Balaban J connectivity index is 1.91. The van der Waals surface area contributed by atoms with E-state index in [0.29, 0.717) is 5.03 Å². The van der Waals surface area contributed by atoms with Crippen LogP contribution in [0.25, 0.3) is 0 Å². The van der Waals surface area contributed by atoms with Crippen molar-refractivity contribution >= 4 is 33.6 Å². The van der Waals surface area contributed by atoms with Crippen molar-refractivity contribution in [2.24, 2.45) is 0 Å². The summed E-state index contributed by atoms with van der Waals surface area (Å²) in [6, 6.07) is 3.16. The van der Waals surface area contributed by atoms with E-state index in [1.807, 2.05) is 0 Å². The standard InChI is InChI=1S/C17H26N4O4S2/c1-18-15(22)11-19-16(23)12-26-17-9-8-14(10-20-17)27(24,25)21(2)13-6-4-3-5-7-13/h8-10,13H,3-7,11-12H2,1-2H3,(H,18,22)(H,19,23). The van der Waals surface area contributed by atoms with Gasteiger partial charge in [-0.3, -0.25) is 9.59 Å². The summed E-state index contributed by atoms with van der Waals surface area (Å²) in [6.07, 6.45) is 6.39. The van der Waals surface area contributed by atoms with Gasteiger partial charge >= 0.3 is 0 Å². The third-order valence-electron chi connectivity index (χ3n) is 4.55. The van der Waals surface area contributed by atoms with Crippen molar-refractivity contribution in [3.8, 4) is 0 Å². The van der Waals surface area contributed by atoms with Crippen molar-refractivity contribution in [1.82, 2.24) is 19.9 Å². The molecule has 0 spiro atoms. The number of nitrogens with zero attached hydrogens (tertiary/aromatic N) is 2. The lowest BCUT2D eigenvalue weighted by Crippen LogP contribution is -2.38. The highest BCUT2D eigenvalue weighted by molar-refractivity contribution is 7.99. The molecule has 0 radical (unpaired) electrons. The molecule has 1 aliphatic carbocycles. The number of sulfonamides is 1. The molecule has 8 nitrogen and oxygen atoms in total. The topological polar surface area (TPSA) is 108 Å². The first-order valence-electron chi connectivity index (χ1n) is 8.88. The molecular formula is C17H26N4O4S2. The summed E-state index contributed by atoms with van der Waals surface area (Å²) in [4.78, 5) is 27.1. The molecule has 150 valence electrons. The van der Waals surface area contributed by atoms with Gasteiger partial charge < -0.3 is 10.6 Å². The molecule has 2 amide bonds. The summed E-state index contributed by atoms with van der Waals surface area (Å²) >= 11 is 1.18. The van der Waals surface area contributed by atoms with E-state index in [9.17, 15) is 18.0 Å². The second-order valence-corrected chi connectivity index (χ2v) is 9.38. The predicted molar refractivity (Wildman–Crippen MR) is 104 cm³/mol. The second kappa shape index (κ2) is 10.0. The molecular weight excluding hydrogens is 388 g/mol. The highest BCUT2D eigenvalue weighted by Gasteiger charge is 2.29. The van der Waals surface area contributed by atoms with Crippen LogP contribution in [0.2, 0.25) is 0 Å². The number of amides is 2. The summed E-state index contributed by atoms with van der Waals surface area (Å²) in [5.74, 6) is -0.472. The van der Waals surface area contributed by atoms with Crippen LogP contribution >= 0.6 is 11.8 Å². The lowest BCUT2D eigenvalue weighted by atomic mass is 9.96. The lowest BCUT2D eigenvalue weighted by molar-refractivity contribution is -0.124. The van der Waals surface area contributed by atoms with E-state index >= 15 is 0 Å². The largest absolute Gasteiger partial charge is 0.358 e. The Morgan fingerprint density at radius 3 is 2.52 bits per heavy atom. The summed E-state index contributed by atoms with van der Waals surface area (Å²) < 4.78 is 27.0. The Kier molecular flexibility index (Phi) is 8.06. The van der Waals surface area contributed by atoms with Crippen molar-refractivity contribution in [1.29, 1.82) is 0 Å². The van der Waals surface area contributed by atoms with Crippen molar-refractivity contribution < 1.29 is 18.0 Å². The number of aromatic nitrogens is 1.